The van der Waals surface area contributed by atoms with Gasteiger partial charge >= 0.3 is 0 Å². The highest BCUT2D eigenvalue weighted by Gasteiger charge is 2.50. The summed E-state index contributed by atoms with van der Waals surface area (Å²) in [5.41, 5.74) is 0. The summed E-state index contributed by atoms with van der Waals surface area (Å²) in [6.45, 7) is 3.88. The molecule has 72 valence electrons. The van der Waals surface area contributed by atoms with E-state index in [2.05, 4.69) is 6.07 Å². The first-order valence-corrected chi connectivity index (χ1v) is 4.62. The van der Waals surface area contributed by atoms with E-state index in [0.717, 1.165) is 0 Å². The van der Waals surface area contributed by atoms with Gasteiger partial charge < -0.3 is 14.2 Å². The van der Waals surface area contributed by atoms with Gasteiger partial charge in [0.25, 0.3) is 5.97 Å². The molecule has 3 heterocycles. The Hall–Kier alpha value is -0.630. The first kappa shape index (κ1) is 8.95. The second-order valence-corrected chi connectivity index (χ2v) is 3.49. The third-order valence-electron chi connectivity index (χ3n) is 2.55. The molecule has 0 amide bonds. The highest BCUT2D eigenvalue weighted by atomic mass is 16.9. The molecule has 1 unspecified atom stereocenters. The first-order valence-electron chi connectivity index (χ1n) is 4.62. The molecule has 3 fully saturated rings. The second kappa shape index (κ2) is 3.26. The van der Waals surface area contributed by atoms with Gasteiger partial charge in [0.15, 0.2) is 0 Å². The van der Waals surface area contributed by atoms with Crippen LogP contribution in [0.1, 0.15) is 13.3 Å². The van der Waals surface area contributed by atoms with Crippen molar-refractivity contribution in [2.24, 2.45) is 11.8 Å². The lowest BCUT2D eigenvalue weighted by molar-refractivity contribution is -0.461. The molecule has 0 N–H and O–H groups in total. The van der Waals surface area contributed by atoms with Crippen molar-refractivity contribution in [1.29, 1.82) is 5.26 Å². The highest BCUT2D eigenvalue weighted by molar-refractivity contribution is 4.92. The molecule has 0 radical (unpaired) electrons. The predicted molar refractivity (Wildman–Crippen MR) is 43.5 cm³/mol. The molecule has 0 aromatic rings. The molecular weight excluding hydrogens is 170 g/mol. The Kier molecular flexibility index (Phi) is 2.24. The van der Waals surface area contributed by atoms with Gasteiger partial charge in [-0.25, -0.2) is 0 Å². The van der Waals surface area contributed by atoms with Crippen molar-refractivity contribution in [1.82, 2.24) is 0 Å². The number of fused-ring (bicyclic) bond motifs is 3. The van der Waals surface area contributed by atoms with Gasteiger partial charge in [-0.1, -0.05) is 6.92 Å². The first-order chi connectivity index (χ1) is 6.30. The van der Waals surface area contributed by atoms with E-state index in [4.69, 9.17) is 19.5 Å². The van der Waals surface area contributed by atoms with Crippen molar-refractivity contribution in [3.8, 4) is 6.07 Å². The third-order valence-corrected chi connectivity index (χ3v) is 2.55. The molecule has 0 aliphatic carbocycles. The number of ether oxygens (including phenoxy) is 3. The third kappa shape index (κ3) is 1.33. The molecule has 3 aliphatic heterocycles. The molecule has 4 nitrogen and oxygen atoms in total. The number of rotatable bonds is 2. The Morgan fingerprint density at radius 3 is 2.31 bits per heavy atom. The molecular formula is C9H13NO3. The van der Waals surface area contributed by atoms with Crippen molar-refractivity contribution in [2.75, 3.05) is 19.8 Å². The standard InChI is InChI=1S/C9H13NO3/c1-2-8(3-10)9-11-4-7(5-12-9)6-13-9/h7-8H,2,4-6H2,1H3. The molecule has 13 heavy (non-hydrogen) atoms. The Morgan fingerprint density at radius 2 is 1.92 bits per heavy atom. The largest absolute Gasteiger partial charge is 0.326 e. The van der Waals surface area contributed by atoms with Crippen LogP contribution in [0.4, 0.5) is 0 Å². The van der Waals surface area contributed by atoms with Gasteiger partial charge in [0.05, 0.1) is 25.9 Å². The normalized spacial score (nSPS) is 39.8. The number of nitriles is 1. The predicted octanol–water partition coefficient (Wildman–Crippen LogP) is 0.883. The number of hydrogen-bond donors (Lipinski definition) is 0. The van der Waals surface area contributed by atoms with E-state index in [0.29, 0.717) is 32.2 Å². The molecule has 2 bridgehead atoms. The van der Waals surface area contributed by atoms with Gasteiger partial charge in [-0.3, -0.25) is 0 Å². The van der Waals surface area contributed by atoms with Crippen molar-refractivity contribution in [3.05, 3.63) is 0 Å². The van der Waals surface area contributed by atoms with E-state index in [1.807, 2.05) is 6.92 Å². The van der Waals surface area contributed by atoms with E-state index in [-0.39, 0.29) is 5.92 Å². The fourth-order valence-corrected chi connectivity index (χ4v) is 1.69. The topological polar surface area (TPSA) is 51.5 Å². The van der Waals surface area contributed by atoms with Crippen molar-refractivity contribution in [3.63, 3.8) is 0 Å². The van der Waals surface area contributed by atoms with E-state index >= 15 is 0 Å². The van der Waals surface area contributed by atoms with E-state index in [1.165, 1.54) is 0 Å². The average Bonchev–Trinajstić information content (AvgIpc) is 2.22. The minimum Gasteiger partial charge on any atom is -0.326 e. The summed E-state index contributed by atoms with van der Waals surface area (Å²) in [5, 5.41) is 8.90. The van der Waals surface area contributed by atoms with Crippen LogP contribution < -0.4 is 0 Å². The molecule has 1 atom stereocenters. The van der Waals surface area contributed by atoms with Crippen LogP contribution in [-0.4, -0.2) is 25.8 Å². The Labute approximate surface area is 77.4 Å². The lowest BCUT2D eigenvalue weighted by atomic mass is 10.0. The van der Waals surface area contributed by atoms with Gasteiger partial charge in [0, 0.05) is 5.92 Å². The summed E-state index contributed by atoms with van der Waals surface area (Å²) in [6.07, 6.45) is 0.682. The maximum atomic E-state index is 8.90. The lowest BCUT2D eigenvalue weighted by Crippen LogP contribution is -2.57. The zero-order valence-electron chi connectivity index (χ0n) is 7.66. The summed E-state index contributed by atoms with van der Waals surface area (Å²) >= 11 is 0. The van der Waals surface area contributed by atoms with Crippen molar-refractivity contribution < 1.29 is 14.2 Å². The summed E-state index contributed by atoms with van der Waals surface area (Å²) in [5.74, 6) is -1.04. The summed E-state index contributed by atoms with van der Waals surface area (Å²) in [6, 6.07) is 2.16. The molecule has 0 saturated carbocycles. The van der Waals surface area contributed by atoms with Crippen LogP contribution >= 0.6 is 0 Å². The van der Waals surface area contributed by atoms with Crippen LogP contribution in [0, 0.1) is 23.2 Å². The Morgan fingerprint density at radius 1 is 1.38 bits per heavy atom. The molecule has 4 heteroatoms. The van der Waals surface area contributed by atoms with Crippen LogP contribution in [0.2, 0.25) is 0 Å². The van der Waals surface area contributed by atoms with Crippen molar-refractivity contribution >= 4 is 0 Å². The maximum Gasteiger partial charge on any atom is 0.299 e. The smallest absolute Gasteiger partial charge is 0.299 e. The van der Waals surface area contributed by atoms with E-state index in [1.54, 1.807) is 0 Å². The fourth-order valence-electron chi connectivity index (χ4n) is 1.69. The van der Waals surface area contributed by atoms with Gasteiger partial charge in [-0.2, -0.15) is 5.26 Å². The molecule has 3 rings (SSSR count). The molecule has 3 saturated heterocycles. The zero-order valence-corrected chi connectivity index (χ0v) is 7.66. The van der Waals surface area contributed by atoms with Crippen LogP contribution in [0.3, 0.4) is 0 Å². The van der Waals surface area contributed by atoms with Crippen LogP contribution in [0.5, 0.6) is 0 Å². The van der Waals surface area contributed by atoms with Gasteiger partial charge in [0.2, 0.25) is 0 Å². The maximum absolute atomic E-state index is 8.90. The van der Waals surface area contributed by atoms with E-state index in [9.17, 15) is 0 Å². The lowest BCUT2D eigenvalue weighted by Gasteiger charge is -2.46. The van der Waals surface area contributed by atoms with Gasteiger partial charge in [-0.05, 0) is 6.42 Å². The summed E-state index contributed by atoms with van der Waals surface area (Å²) in [7, 11) is 0. The monoisotopic (exact) mass is 183 g/mol. The Balaban J connectivity index is 2.14. The number of nitrogens with zero attached hydrogens (tertiary/aromatic N) is 1. The minimum atomic E-state index is -1.06. The summed E-state index contributed by atoms with van der Waals surface area (Å²) < 4.78 is 16.3. The minimum absolute atomic E-state index is 0.325. The van der Waals surface area contributed by atoms with E-state index < -0.39 is 5.97 Å². The molecule has 0 spiro atoms. The van der Waals surface area contributed by atoms with Crippen LogP contribution in [-0.2, 0) is 14.2 Å². The Bertz CT molecular complexity index is 214. The molecule has 0 aromatic heterocycles. The zero-order chi connectivity index (χ0) is 9.31. The SMILES string of the molecule is CCC(C#N)C12OCC(CO1)CO2. The molecule has 0 aromatic carbocycles. The van der Waals surface area contributed by atoms with Crippen LogP contribution in [0.25, 0.3) is 0 Å². The highest BCUT2D eigenvalue weighted by Crippen LogP contribution is 2.37. The average molecular weight is 183 g/mol. The number of hydrogen-bond acceptors (Lipinski definition) is 4. The molecule has 3 aliphatic rings. The fraction of sp³-hybridized carbons (Fsp3) is 0.889. The van der Waals surface area contributed by atoms with Gasteiger partial charge in [-0.15, -0.1) is 0 Å². The van der Waals surface area contributed by atoms with Crippen molar-refractivity contribution in [2.45, 2.75) is 19.3 Å². The summed E-state index contributed by atoms with van der Waals surface area (Å²) in [4.78, 5) is 0. The quantitative estimate of drug-likeness (QED) is 0.637. The second-order valence-electron chi connectivity index (χ2n) is 3.49. The van der Waals surface area contributed by atoms with Crippen LogP contribution in [0.15, 0.2) is 0 Å². The van der Waals surface area contributed by atoms with Gasteiger partial charge in [0.1, 0.15) is 5.92 Å².